The first-order valence-corrected chi connectivity index (χ1v) is 6.35. The van der Waals surface area contributed by atoms with E-state index in [0.717, 1.165) is 31.4 Å². The van der Waals surface area contributed by atoms with Crippen molar-refractivity contribution in [3.05, 3.63) is 16.9 Å². The van der Waals surface area contributed by atoms with E-state index in [-0.39, 0.29) is 5.92 Å². The zero-order valence-corrected chi connectivity index (χ0v) is 11.0. The molecule has 0 saturated carbocycles. The minimum Gasteiger partial charge on any atom is -0.386 e. The number of aryl methyl sites for hydroxylation is 1. The number of unbranched alkanes of at least 4 members (excludes halogenated alkanes) is 1. The zero-order valence-electron chi connectivity index (χ0n) is 10.3. The Morgan fingerprint density at radius 3 is 2.62 bits per heavy atom. The summed E-state index contributed by atoms with van der Waals surface area (Å²) in [5.41, 5.74) is 0.740. The number of halogens is 1. The highest BCUT2D eigenvalue weighted by Gasteiger charge is 2.24. The van der Waals surface area contributed by atoms with Crippen molar-refractivity contribution < 1.29 is 5.11 Å². The maximum Gasteiger partial charge on any atom is 0.0999 e. The van der Waals surface area contributed by atoms with Gasteiger partial charge < -0.3 is 5.11 Å². The van der Waals surface area contributed by atoms with Crippen molar-refractivity contribution in [2.75, 3.05) is 0 Å². The summed E-state index contributed by atoms with van der Waals surface area (Å²) in [7, 11) is 1.82. The largest absolute Gasteiger partial charge is 0.386 e. The molecule has 0 saturated heterocycles. The number of rotatable bonds is 6. The molecule has 3 nitrogen and oxygen atoms in total. The molecular weight excluding hydrogens is 224 g/mol. The first-order valence-electron chi connectivity index (χ1n) is 5.97. The average molecular weight is 245 g/mol. The van der Waals surface area contributed by atoms with Crippen LogP contribution in [0.5, 0.6) is 0 Å². The molecule has 1 aromatic rings. The van der Waals surface area contributed by atoms with E-state index in [0.29, 0.717) is 5.02 Å². The summed E-state index contributed by atoms with van der Waals surface area (Å²) in [6.07, 6.45) is 5.38. The minimum absolute atomic E-state index is 0.271. The van der Waals surface area contributed by atoms with Gasteiger partial charge in [-0.1, -0.05) is 44.7 Å². The van der Waals surface area contributed by atoms with Crippen molar-refractivity contribution in [3.63, 3.8) is 0 Å². The first kappa shape index (κ1) is 13.5. The Morgan fingerprint density at radius 2 is 2.19 bits per heavy atom. The molecule has 0 fully saturated rings. The van der Waals surface area contributed by atoms with Crippen molar-refractivity contribution in [2.24, 2.45) is 13.0 Å². The molecule has 1 aromatic heterocycles. The van der Waals surface area contributed by atoms with Crippen LogP contribution in [0.3, 0.4) is 0 Å². The number of aliphatic hydroxyl groups is 1. The van der Waals surface area contributed by atoms with Crippen LogP contribution in [-0.2, 0) is 7.05 Å². The van der Waals surface area contributed by atoms with E-state index >= 15 is 0 Å². The van der Waals surface area contributed by atoms with Crippen LogP contribution in [0.4, 0.5) is 0 Å². The molecule has 0 aliphatic rings. The standard InChI is InChI=1S/C12H21ClN2O/c1-4-6-7-9(5-2)12(16)11-10(13)8-14-15(11)3/h8-9,12,16H,4-7H2,1-3H3. The van der Waals surface area contributed by atoms with Gasteiger partial charge in [0.05, 0.1) is 23.0 Å². The molecule has 0 aliphatic carbocycles. The molecule has 2 unspecified atom stereocenters. The third-order valence-electron chi connectivity index (χ3n) is 3.12. The summed E-state index contributed by atoms with van der Waals surface area (Å²) < 4.78 is 1.67. The van der Waals surface area contributed by atoms with Gasteiger partial charge in [0.15, 0.2) is 0 Å². The van der Waals surface area contributed by atoms with Gasteiger partial charge in [-0.15, -0.1) is 0 Å². The Morgan fingerprint density at radius 1 is 1.50 bits per heavy atom. The van der Waals surface area contributed by atoms with Crippen LogP contribution in [0.15, 0.2) is 6.20 Å². The molecule has 0 radical (unpaired) electrons. The normalized spacial score (nSPS) is 15.1. The van der Waals surface area contributed by atoms with E-state index in [1.807, 2.05) is 7.05 Å². The molecule has 16 heavy (non-hydrogen) atoms. The highest BCUT2D eigenvalue weighted by Crippen LogP contribution is 2.32. The van der Waals surface area contributed by atoms with Crippen molar-refractivity contribution in [1.82, 2.24) is 9.78 Å². The lowest BCUT2D eigenvalue weighted by Crippen LogP contribution is -2.15. The Labute approximate surface area is 102 Å². The van der Waals surface area contributed by atoms with Gasteiger partial charge in [0.1, 0.15) is 0 Å². The number of hydrogen-bond donors (Lipinski definition) is 1. The predicted octanol–water partition coefficient (Wildman–Crippen LogP) is 3.32. The van der Waals surface area contributed by atoms with E-state index in [2.05, 4.69) is 18.9 Å². The molecule has 0 aromatic carbocycles. The lowest BCUT2D eigenvalue weighted by molar-refractivity contribution is 0.0913. The van der Waals surface area contributed by atoms with Gasteiger partial charge in [-0.05, 0) is 12.3 Å². The molecular formula is C12H21ClN2O. The fourth-order valence-electron chi connectivity index (χ4n) is 2.03. The van der Waals surface area contributed by atoms with Gasteiger partial charge in [0.2, 0.25) is 0 Å². The fraction of sp³-hybridized carbons (Fsp3) is 0.750. The predicted molar refractivity (Wildman–Crippen MR) is 66.5 cm³/mol. The maximum atomic E-state index is 10.3. The van der Waals surface area contributed by atoms with Crippen LogP contribution in [0.25, 0.3) is 0 Å². The average Bonchev–Trinajstić information content (AvgIpc) is 2.59. The minimum atomic E-state index is -0.503. The van der Waals surface area contributed by atoms with Gasteiger partial charge >= 0.3 is 0 Å². The SMILES string of the molecule is CCCCC(CC)C(O)c1c(Cl)cnn1C. The monoisotopic (exact) mass is 244 g/mol. The van der Waals surface area contributed by atoms with E-state index in [9.17, 15) is 5.11 Å². The lowest BCUT2D eigenvalue weighted by Gasteiger charge is -2.22. The highest BCUT2D eigenvalue weighted by atomic mass is 35.5. The summed E-state index contributed by atoms with van der Waals surface area (Å²) in [4.78, 5) is 0. The lowest BCUT2D eigenvalue weighted by atomic mass is 9.91. The van der Waals surface area contributed by atoms with Crippen molar-refractivity contribution in [1.29, 1.82) is 0 Å². The molecule has 1 N–H and O–H groups in total. The summed E-state index contributed by atoms with van der Waals surface area (Å²) in [5, 5.41) is 14.9. The molecule has 0 bridgehead atoms. The van der Waals surface area contributed by atoms with Crippen LogP contribution in [0.1, 0.15) is 51.3 Å². The quantitative estimate of drug-likeness (QED) is 0.834. The summed E-state index contributed by atoms with van der Waals surface area (Å²) in [5.74, 6) is 0.271. The van der Waals surface area contributed by atoms with E-state index in [4.69, 9.17) is 11.6 Å². The third kappa shape index (κ3) is 2.98. The Balaban J connectivity index is 2.78. The van der Waals surface area contributed by atoms with Crippen molar-refractivity contribution in [3.8, 4) is 0 Å². The van der Waals surface area contributed by atoms with Gasteiger partial charge in [-0.2, -0.15) is 5.10 Å². The summed E-state index contributed by atoms with van der Waals surface area (Å²) in [6.45, 7) is 4.27. The number of hydrogen-bond acceptors (Lipinski definition) is 2. The fourth-order valence-corrected chi connectivity index (χ4v) is 2.31. The molecule has 0 aliphatic heterocycles. The highest BCUT2D eigenvalue weighted by molar-refractivity contribution is 6.31. The van der Waals surface area contributed by atoms with Gasteiger partial charge in [-0.3, -0.25) is 4.68 Å². The van der Waals surface area contributed by atoms with Crippen LogP contribution in [-0.4, -0.2) is 14.9 Å². The Kier molecular flexibility index (Phi) is 5.29. The first-order chi connectivity index (χ1) is 7.61. The molecule has 0 amide bonds. The number of aliphatic hydroxyl groups excluding tert-OH is 1. The van der Waals surface area contributed by atoms with Gasteiger partial charge in [0.25, 0.3) is 0 Å². The molecule has 0 spiro atoms. The second-order valence-electron chi connectivity index (χ2n) is 4.26. The van der Waals surface area contributed by atoms with E-state index < -0.39 is 6.10 Å². The second-order valence-corrected chi connectivity index (χ2v) is 4.66. The van der Waals surface area contributed by atoms with Crippen LogP contribution < -0.4 is 0 Å². The van der Waals surface area contributed by atoms with Gasteiger partial charge in [-0.25, -0.2) is 0 Å². The van der Waals surface area contributed by atoms with Crippen LogP contribution in [0, 0.1) is 5.92 Å². The Bertz CT molecular complexity index is 305. The molecule has 4 heteroatoms. The maximum absolute atomic E-state index is 10.3. The molecule has 2 atom stereocenters. The molecule has 1 rings (SSSR count). The number of aromatic nitrogens is 2. The summed E-state index contributed by atoms with van der Waals surface area (Å²) in [6, 6.07) is 0. The second kappa shape index (κ2) is 6.26. The van der Waals surface area contributed by atoms with E-state index in [1.165, 1.54) is 0 Å². The van der Waals surface area contributed by atoms with Crippen LogP contribution >= 0.6 is 11.6 Å². The molecule has 1 heterocycles. The van der Waals surface area contributed by atoms with Crippen molar-refractivity contribution >= 4 is 11.6 Å². The zero-order chi connectivity index (χ0) is 12.1. The Hall–Kier alpha value is -0.540. The smallest absolute Gasteiger partial charge is 0.0999 e. The van der Waals surface area contributed by atoms with Crippen molar-refractivity contribution in [2.45, 2.75) is 45.6 Å². The van der Waals surface area contributed by atoms with E-state index in [1.54, 1.807) is 10.9 Å². The third-order valence-corrected chi connectivity index (χ3v) is 3.41. The van der Waals surface area contributed by atoms with Crippen LogP contribution in [0.2, 0.25) is 5.02 Å². The molecule has 92 valence electrons. The topological polar surface area (TPSA) is 38.1 Å². The van der Waals surface area contributed by atoms with Gasteiger partial charge in [0, 0.05) is 7.05 Å². The summed E-state index contributed by atoms with van der Waals surface area (Å²) >= 11 is 6.03. The number of nitrogens with zero attached hydrogens (tertiary/aromatic N) is 2.